The smallest absolute Gasteiger partial charge is 0.228 e. The average molecular weight is 405 g/mol. The predicted octanol–water partition coefficient (Wildman–Crippen LogP) is 5.23. The molecule has 4 atom stereocenters. The number of nitrogens with one attached hydrogen (secondary N) is 1. The molecule has 1 unspecified atom stereocenters. The van der Waals surface area contributed by atoms with Gasteiger partial charge in [0.2, 0.25) is 5.91 Å². The molecule has 3 nitrogen and oxygen atoms in total. The van der Waals surface area contributed by atoms with Crippen molar-refractivity contribution in [2.45, 2.75) is 58.0 Å². The summed E-state index contributed by atoms with van der Waals surface area (Å²) in [5, 5.41) is 3.52. The van der Waals surface area contributed by atoms with Crippen LogP contribution >= 0.6 is 0 Å². The molecule has 2 aromatic rings. The van der Waals surface area contributed by atoms with Crippen molar-refractivity contribution < 1.29 is 4.79 Å². The third-order valence-electron chi connectivity index (χ3n) is 7.47. The number of rotatable bonds is 8. The number of fused-ring (bicyclic) bond motifs is 1. The van der Waals surface area contributed by atoms with E-state index in [1.165, 1.54) is 18.5 Å². The van der Waals surface area contributed by atoms with E-state index in [-0.39, 0.29) is 11.8 Å². The molecule has 0 radical (unpaired) electrons. The molecule has 2 aromatic carbocycles. The SMILES string of the molecule is CCC(CC)C(C(=O)N[C@H]1CC[C@@H]2CN(Cc3ccccc3)C[C@@H]21)c1ccccc1. The maximum Gasteiger partial charge on any atom is 0.228 e. The highest BCUT2D eigenvalue weighted by atomic mass is 16.2. The van der Waals surface area contributed by atoms with E-state index in [1.807, 2.05) is 6.07 Å². The Labute approximate surface area is 181 Å². The van der Waals surface area contributed by atoms with Gasteiger partial charge in [0.15, 0.2) is 0 Å². The van der Waals surface area contributed by atoms with Gasteiger partial charge in [-0.15, -0.1) is 0 Å². The van der Waals surface area contributed by atoms with Gasteiger partial charge < -0.3 is 5.32 Å². The molecule has 3 heteroatoms. The molecule has 1 saturated carbocycles. The minimum absolute atomic E-state index is 0.0397. The van der Waals surface area contributed by atoms with Gasteiger partial charge in [0.05, 0.1) is 5.92 Å². The Bertz CT molecular complexity index is 802. The van der Waals surface area contributed by atoms with Crippen molar-refractivity contribution in [3.05, 3.63) is 71.8 Å². The van der Waals surface area contributed by atoms with Crippen molar-refractivity contribution in [2.24, 2.45) is 17.8 Å². The summed E-state index contributed by atoms with van der Waals surface area (Å²) in [6, 6.07) is 21.5. The number of benzene rings is 2. The number of carbonyl (C=O) groups is 1. The second kappa shape index (κ2) is 9.78. The molecule has 2 aliphatic rings. The normalized spacial score (nSPS) is 24.7. The summed E-state index contributed by atoms with van der Waals surface area (Å²) in [4.78, 5) is 16.1. The summed E-state index contributed by atoms with van der Waals surface area (Å²) in [6.45, 7) is 7.71. The summed E-state index contributed by atoms with van der Waals surface area (Å²) in [7, 11) is 0. The fraction of sp³-hybridized carbons (Fsp3) is 0.519. The van der Waals surface area contributed by atoms with Gasteiger partial charge in [-0.2, -0.15) is 0 Å². The van der Waals surface area contributed by atoms with Crippen molar-refractivity contribution in [3.63, 3.8) is 0 Å². The van der Waals surface area contributed by atoms with Crippen LogP contribution in [0.15, 0.2) is 60.7 Å². The molecule has 0 bridgehead atoms. The molecule has 1 aliphatic heterocycles. The molecular formula is C27H36N2O. The Morgan fingerprint density at radius 1 is 0.967 bits per heavy atom. The largest absolute Gasteiger partial charge is 0.352 e. The van der Waals surface area contributed by atoms with Crippen LogP contribution in [0, 0.1) is 17.8 Å². The zero-order chi connectivity index (χ0) is 20.9. The van der Waals surface area contributed by atoms with E-state index in [9.17, 15) is 4.79 Å². The third-order valence-corrected chi connectivity index (χ3v) is 7.47. The second-order valence-electron chi connectivity index (χ2n) is 9.26. The molecule has 0 spiro atoms. The first-order chi connectivity index (χ1) is 14.7. The first-order valence-corrected chi connectivity index (χ1v) is 11.8. The predicted molar refractivity (Wildman–Crippen MR) is 123 cm³/mol. The fourth-order valence-electron chi connectivity index (χ4n) is 5.84. The molecule has 0 aromatic heterocycles. The maximum atomic E-state index is 13.5. The maximum absolute atomic E-state index is 13.5. The van der Waals surface area contributed by atoms with Crippen molar-refractivity contribution in [1.29, 1.82) is 0 Å². The van der Waals surface area contributed by atoms with E-state index in [0.717, 1.165) is 43.8 Å². The van der Waals surface area contributed by atoms with Gasteiger partial charge in [-0.05, 0) is 41.7 Å². The molecule has 1 amide bonds. The molecule has 4 rings (SSSR count). The number of nitrogens with zero attached hydrogens (tertiary/aromatic N) is 1. The van der Waals surface area contributed by atoms with Gasteiger partial charge in [-0.1, -0.05) is 87.4 Å². The molecule has 2 fully saturated rings. The Balaban J connectivity index is 1.42. The topological polar surface area (TPSA) is 32.3 Å². The monoisotopic (exact) mass is 404 g/mol. The highest BCUT2D eigenvalue weighted by Gasteiger charge is 2.43. The van der Waals surface area contributed by atoms with Crippen molar-refractivity contribution in [1.82, 2.24) is 10.2 Å². The zero-order valence-electron chi connectivity index (χ0n) is 18.5. The summed E-state index contributed by atoms with van der Waals surface area (Å²) >= 11 is 0. The van der Waals surface area contributed by atoms with E-state index in [2.05, 4.69) is 78.7 Å². The minimum atomic E-state index is -0.0397. The Morgan fingerprint density at radius 3 is 2.30 bits per heavy atom. The molecule has 1 heterocycles. The van der Waals surface area contributed by atoms with Crippen LogP contribution in [0.3, 0.4) is 0 Å². The summed E-state index contributed by atoms with van der Waals surface area (Å²) in [5.41, 5.74) is 2.55. The summed E-state index contributed by atoms with van der Waals surface area (Å²) < 4.78 is 0. The summed E-state index contributed by atoms with van der Waals surface area (Å²) in [6.07, 6.45) is 4.43. The van der Waals surface area contributed by atoms with Crippen molar-refractivity contribution >= 4 is 5.91 Å². The van der Waals surface area contributed by atoms with Gasteiger partial charge in [0, 0.05) is 25.7 Å². The van der Waals surface area contributed by atoms with Crippen molar-refractivity contribution in [2.75, 3.05) is 13.1 Å². The molecular weight excluding hydrogens is 368 g/mol. The zero-order valence-corrected chi connectivity index (χ0v) is 18.5. The molecule has 30 heavy (non-hydrogen) atoms. The van der Waals surface area contributed by atoms with Crippen LogP contribution in [0.5, 0.6) is 0 Å². The van der Waals surface area contributed by atoms with Crippen LogP contribution in [0.25, 0.3) is 0 Å². The first kappa shape index (κ1) is 21.1. The highest BCUT2D eigenvalue weighted by Crippen LogP contribution is 2.39. The molecule has 160 valence electrons. The number of hydrogen-bond donors (Lipinski definition) is 1. The van der Waals surface area contributed by atoms with Gasteiger partial charge >= 0.3 is 0 Å². The molecule has 1 aliphatic carbocycles. The number of amides is 1. The average Bonchev–Trinajstić information content (AvgIpc) is 3.34. The van der Waals surface area contributed by atoms with Gasteiger partial charge in [-0.25, -0.2) is 0 Å². The van der Waals surface area contributed by atoms with Crippen molar-refractivity contribution in [3.8, 4) is 0 Å². The second-order valence-corrected chi connectivity index (χ2v) is 9.26. The van der Waals surface area contributed by atoms with E-state index >= 15 is 0 Å². The highest BCUT2D eigenvalue weighted by molar-refractivity contribution is 5.84. The minimum Gasteiger partial charge on any atom is -0.352 e. The number of hydrogen-bond acceptors (Lipinski definition) is 2. The van der Waals surface area contributed by atoms with Crippen LogP contribution < -0.4 is 5.32 Å². The Hall–Kier alpha value is -2.13. The van der Waals surface area contributed by atoms with Crippen LogP contribution in [-0.2, 0) is 11.3 Å². The fourth-order valence-corrected chi connectivity index (χ4v) is 5.84. The standard InChI is InChI=1S/C27H36N2O/c1-3-21(4-2)26(22-13-9-6-10-14-22)27(30)28-25-16-15-23-18-29(19-24(23)25)17-20-11-7-5-8-12-20/h5-14,21,23-26H,3-4,15-19H2,1-2H3,(H,28,30)/t23-,24+,25+,26?/m1/s1. The molecule has 1 saturated heterocycles. The quantitative estimate of drug-likeness (QED) is 0.653. The van der Waals surface area contributed by atoms with E-state index in [4.69, 9.17) is 0 Å². The lowest BCUT2D eigenvalue weighted by Crippen LogP contribution is -2.43. The van der Waals surface area contributed by atoms with E-state index in [0.29, 0.717) is 17.9 Å². The lowest BCUT2D eigenvalue weighted by Gasteiger charge is -2.28. The van der Waals surface area contributed by atoms with Gasteiger partial charge in [0.1, 0.15) is 0 Å². The number of carbonyl (C=O) groups excluding carboxylic acids is 1. The Kier molecular flexibility index (Phi) is 6.89. The summed E-state index contributed by atoms with van der Waals surface area (Å²) in [5.74, 6) is 1.91. The molecule has 1 N–H and O–H groups in total. The van der Waals surface area contributed by atoms with Crippen LogP contribution in [0.4, 0.5) is 0 Å². The third kappa shape index (κ3) is 4.62. The lowest BCUT2D eigenvalue weighted by atomic mass is 9.81. The Morgan fingerprint density at radius 2 is 1.63 bits per heavy atom. The van der Waals surface area contributed by atoms with Gasteiger partial charge in [-0.3, -0.25) is 9.69 Å². The van der Waals surface area contributed by atoms with Crippen LogP contribution in [0.1, 0.15) is 56.6 Å². The lowest BCUT2D eigenvalue weighted by molar-refractivity contribution is -0.124. The number of likely N-dealkylation sites (tertiary alicyclic amines) is 1. The van der Waals surface area contributed by atoms with E-state index < -0.39 is 0 Å². The first-order valence-electron chi connectivity index (χ1n) is 11.8. The van der Waals surface area contributed by atoms with Crippen LogP contribution in [-0.4, -0.2) is 29.9 Å². The van der Waals surface area contributed by atoms with Gasteiger partial charge in [0.25, 0.3) is 0 Å². The van der Waals surface area contributed by atoms with Crippen LogP contribution in [0.2, 0.25) is 0 Å². The van der Waals surface area contributed by atoms with E-state index in [1.54, 1.807) is 0 Å².